The summed E-state index contributed by atoms with van der Waals surface area (Å²) in [6.45, 7) is 10.1. The molecule has 0 unspecified atom stereocenters. The van der Waals surface area contributed by atoms with Gasteiger partial charge in [-0.1, -0.05) is 25.4 Å². The number of nitrogens with zero attached hydrogens (tertiary/aromatic N) is 7. The maximum absolute atomic E-state index is 12.9. The van der Waals surface area contributed by atoms with Gasteiger partial charge in [0.1, 0.15) is 22.1 Å². The highest BCUT2D eigenvalue weighted by Crippen LogP contribution is 2.28. The van der Waals surface area contributed by atoms with E-state index in [4.69, 9.17) is 26.1 Å². The molecule has 16 heteroatoms. The third-order valence-electron chi connectivity index (χ3n) is 8.21. The van der Waals surface area contributed by atoms with Crippen LogP contribution < -0.4 is 15.8 Å². The zero-order valence-corrected chi connectivity index (χ0v) is 29.9. The molecule has 1 saturated heterocycles. The number of anilines is 1. The summed E-state index contributed by atoms with van der Waals surface area (Å²) in [5, 5.41) is 5.76. The summed E-state index contributed by atoms with van der Waals surface area (Å²) in [5.74, 6) is 0.701. The fourth-order valence-corrected chi connectivity index (χ4v) is 6.91. The third-order valence-corrected chi connectivity index (χ3v) is 9.96. The number of hydrogen-bond acceptors (Lipinski definition) is 13. The molecule has 0 aromatic carbocycles. The Bertz CT molecular complexity index is 2300. The van der Waals surface area contributed by atoms with Crippen LogP contribution in [0.4, 0.5) is 5.82 Å². The highest BCUT2D eigenvalue weighted by Gasteiger charge is 2.28. The molecule has 2 atom stereocenters. The summed E-state index contributed by atoms with van der Waals surface area (Å²) in [5.41, 5.74) is -0.0386. The molecule has 13 nitrogen and oxygen atoms in total. The van der Waals surface area contributed by atoms with Crippen molar-refractivity contribution in [3.8, 4) is 10.3 Å². The minimum Gasteiger partial charge on any atom is -0.462 e. The molecule has 50 heavy (non-hydrogen) atoms. The first-order valence-corrected chi connectivity index (χ1v) is 17.9. The first-order chi connectivity index (χ1) is 24.1. The van der Waals surface area contributed by atoms with E-state index in [2.05, 4.69) is 33.7 Å². The van der Waals surface area contributed by atoms with E-state index in [-0.39, 0.29) is 40.3 Å². The van der Waals surface area contributed by atoms with Crippen molar-refractivity contribution in [3.63, 3.8) is 0 Å². The average Bonchev–Trinajstić information content (AvgIpc) is 3.90. The SMILES string of the molecule is CCOC(=O)c1cn(-c2nccs2)c2nc(Cl)ccc2c1=O.CCOC(=O)c1cn(-c2nccs2)c2nc(N3C[C@H](C)[C@@H](C)C3)ccc2c1=O. The number of rotatable bonds is 7. The second-order valence-corrected chi connectivity index (χ2v) is 13.6. The van der Waals surface area contributed by atoms with Crippen LogP contribution in [-0.4, -0.2) is 67.3 Å². The maximum Gasteiger partial charge on any atom is 0.343 e. The average molecular weight is 734 g/mol. The number of fused-ring (bicyclic) bond motifs is 2. The summed E-state index contributed by atoms with van der Waals surface area (Å²) in [6, 6.07) is 6.66. The van der Waals surface area contributed by atoms with E-state index < -0.39 is 17.4 Å². The molecule has 1 aliphatic rings. The summed E-state index contributed by atoms with van der Waals surface area (Å²) in [6.07, 6.45) is 6.19. The molecule has 0 N–H and O–H groups in total. The van der Waals surface area contributed by atoms with E-state index in [0.717, 1.165) is 18.9 Å². The van der Waals surface area contributed by atoms with Crippen LogP contribution >= 0.6 is 34.3 Å². The van der Waals surface area contributed by atoms with Gasteiger partial charge >= 0.3 is 11.9 Å². The molecular formula is C34H32ClN7O6S2. The normalized spacial score (nSPS) is 15.6. The largest absolute Gasteiger partial charge is 0.462 e. The van der Waals surface area contributed by atoms with E-state index in [9.17, 15) is 19.2 Å². The lowest BCUT2D eigenvalue weighted by Gasteiger charge is -2.18. The van der Waals surface area contributed by atoms with Gasteiger partial charge in [-0.05, 0) is 49.9 Å². The predicted octanol–water partition coefficient (Wildman–Crippen LogP) is 5.78. The van der Waals surface area contributed by atoms with Crippen molar-refractivity contribution in [2.45, 2.75) is 27.7 Å². The first-order valence-electron chi connectivity index (χ1n) is 15.8. The molecule has 258 valence electrons. The van der Waals surface area contributed by atoms with Gasteiger partial charge in [0.15, 0.2) is 21.6 Å². The van der Waals surface area contributed by atoms with Gasteiger partial charge in [-0.25, -0.2) is 29.5 Å². The predicted molar refractivity (Wildman–Crippen MR) is 193 cm³/mol. The first kappa shape index (κ1) is 34.9. The molecule has 0 bridgehead atoms. The summed E-state index contributed by atoms with van der Waals surface area (Å²) >= 11 is 8.69. The highest BCUT2D eigenvalue weighted by atomic mass is 35.5. The van der Waals surface area contributed by atoms with E-state index >= 15 is 0 Å². The summed E-state index contributed by atoms with van der Waals surface area (Å²) < 4.78 is 13.3. The van der Waals surface area contributed by atoms with Gasteiger partial charge in [0.2, 0.25) is 10.9 Å². The van der Waals surface area contributed by atoms with Crippen LogP contribution in [0.25, 0.3) is 32.3 Å². The van der Waals surface area contributed by atoms with Crippen LogP contribution in [0.5, 0.6) is 0 Å². The van der Waals surface area contributed by atoms with Crippen LogP contribution in [0.1, 0.15) is 48.4 Å². The maximum atomic E-state index is 12.9. The monoisotopic (exact) mass is 733 g/mol. The Morgan fingerprint density at radius 2 is 1.26 bits per heavy atom. The lowest BCUT2D eigenvalue weighted by molar-refractivity contribution is 0.0514. The number of thiazole rings is 2. The lowest BCUT2D eigenvalue weighted by atomic mass is 10.0. The number of esters is 2. The topological polar surface area (TPSA) is 151 Å². The number of carbonyl (C=O) groups excluding carboxylic acids is 2. The van der Waals surface area contributed by atoms with Gasteiger partial charge in [0, 0.05) is 48.6 Å². The van der Waals surface area contributed by atoms with Crippen molar-refractivity contribution in [2.75, 3.05) is 31.2 Å². The zero-order valence-electron chi connectivity index (χ0n) is 27.5. The second-order valence-electron chi connectivity index (χ2n) is 11.5. The number of aromatic nitrogens is 6. The van der Waals surface area contributed by atoms with Crippen molar-refractivity contribution in [1.82, 2.24) is 29.1 Å². The molecule has 0 aliphatic carbocycles. The van der Waals surface area contributed by atoms with Gasteiger partial charge in [0.25, 0.3) is 0 Å². The van der Waals surface area contributed by atoms with Crippen molar-refractivity contribution in [1.29, 1.82) is 0 Å². The molecule has 1 aliphatic heterocycles. The summed E-state index contributed by atoms with van der Waals surface area (Å²) in [7, 11) is 0. The fourth-order valence-electron chi connectivity index (χ4n) is 5.54. The molecule has 0 amide bonds. The molecule has 0 spiro atoms. The van der Waals surface area contributed by atoms with Crippen molar-refractivity contribution in [3.05, 3.63) is 96.5 Å². The Kier molecular flexibility index (Phi) is 10.4. The minimum atomic E-state index is -0.672. The number of carbonyl (C=O) groups is 2. The Morgan fingerprint density at radius 3 is 1.72 bits per heavy atom. The van der Waals surface area contributed by atoms with Gasteiger partial charge < -0.3 is 14.4 Å². The van der Waals surface area contributed by atoms with Gasteiger partial charge in [0.05, 0.1) is 24.0 Å². The highest BCUT2D eigenvalue weighted by molar-refractivity contribution is 7.12. The van der Waals surface area contributed by atoms with Gasteiger partial charge in [-0.3, -0.25) is 18.7 Å². The minimum absolute atomic E-state index is 0.0116. The van der Waals surface area contributed by atoms with E-state index in [1.54, 1.807) is 52.9 Å². The second kappa shape index (κ2) is 14.9. The number of ether oxygens (including phenoxy) is 2. The fraction of sp³-hybridized carbons (Fsp3) is 0.294. The van der Waals surface area contributed by atoms with Crippen LogP contribution in [0.15, 0.2) is 69.4 Å². The standard InChI is InChI=1S/C20H22N4O3S.C14H10ClN3O3S/c1-4-27-19(26)15-11-24(20-21-7-8-28-20)18-14(17(15)25)5-6-16(22-18)23-9-12(2)13(3)10-23;1-2-21-13(20)9-7-18(14-16-5-6-22-14)12-8(11(9)19)3-4-10(15)17-12/h5-8,11-13H,4,9-10H2,1-3H3;3-7H,2H2,1H3/t12-,13-;/m0./s1. The van der Waals surface area contributed by atoms with Crippen LogP contribution in [0.3, 0.4) is 0 Å². The van der Waals surface area contributed by atoms with E-state index in [1.165, 1.54) is 41.1 Å². The number of pyridine rings is 4. The van der Waals surface area contributed by atoms with Crippen molar-refractivity contribution >= 4 is 74.1 Å². The summed E-state index contributed by atoms with van der Waals surface area (Å²) in [4.78, 5) is 69.4. The number of halogens is 1. The smallest absolute Gasteiger partial charge is 0.343 e. The van der Waals surface area contributed by atoms with Crippen molar-refractivity contribution in [2.24, 2.45) is 11.8 Å². The molecule has 7 heterocycles. The quantitative estimate of drug-likeness (QED) is 0.145. The van der Waals surface area contributed by atoms with Crippen LogP contribution in [-0.2, 0) is 9.47 Å². The van der Waals surface area contributed by atoms with E-state index in [1.807, 2.05) is 11.4 Å². The molecule has 0 radical (unpaired) electrons. The Morgan fingerprint density at radius 1 is 0.780 bits per heavy atom. The Balaban J connectivity index is 0.000000178. The molecule has 6 aromatic heterocycles. The Hall–Kier alpha value is -4.99. The van der Waals surface area contributed by atoms with Crippen LogP contribution in [0, 0.1) is 11.8 Å². The molecule has 1 fully saturated rings. The molecule has 7 rings (SSSR count). The lowest BCUT2D eigenvalue weighted by Crippen LogP contribution is -2.23. The zero-order chi connectivity index (χ0) is 35.5. The van der Waals surface area contributed by atoms with Crippen LogP contribution in [0.2, 0.25) is 5.15 Å². The third kappa shape index (κ3) is 6.88. The Labute approximate surface area is 298 Å². The van der Waals surface area contributed by atoms with Gasteiger partial charge in [-0.2, -0.15) is 0 Å². The molecule has 6 aromatic rings. The van der Waals surface area contributed by atoms with E-state index in [0.29, 0.717) is 38.8 Å². The van der Waals surface area contributed by atoms with Crippen molar-refractivity contribution < 1.29 is 19.1 Å². The molecule has 0 saturated carbocycles. The van der Waals surface area contributed by atoms with Gasteiger partial charge in [-0.15, -0.1) is 22.7 Å². The molecular weight excluding hydrogens is 702 g/mol. The number of hydrogen-bond donors (Lipinski definition) is 0.